The molecule has 6 heteroatoms. The van der Waals surface area contributed by atoms with Crippen molar-refractivity contribution in [3.63, 3.8) is 0 Å². The highest BCUT2D eigenvalue weighted by molar-refractivity contribution is 7.15. The molecule has 0 bridgehead atoms. The van der Waals surface area contributed by atoms with Gasteiger partial charge in [0.2, 0.25) is 0 Å². The zero-order valence-electron chi connectivity index (χ0n) is 11.9. The van der Waals surface area contributed by atoms with Crippen LogP contribution in [0.25, 0.3) is 0 Å². The second-order valence-corrected chi connectivity index (χ2v) is 5.87. The fourth-order valence-electron chi connectivity index (χ4n) is 1.90. The van der Waals surface area contributed by atoms with Gasteiger partial charge < -0.3 is 19.7 Å². The predicted molar refractivity (Wildman–Crippen MR) is 77.8 cm³/mol. The maximum atomic E-state index is 5.24. The van der Waals surface area contributed by atoms with Crippen LogP contribution in [0, 0.1) is 0 Å². The first-order valence-corrected chi connectivity index (χ1v) is 7.48. The maximum absolute atomic E-state index is 5.24. The standard InChI is InChI=1S/C13H23N3O2S/c1-16(10-4-5-10)13-15-11(9-18-3)12(19-13)8-14-6-7-17-2/h10,14H,4-9H2,1-3H3. The second kappa shape index (κ2) is 7.19. The van der Waals surface area contributed by atoms with Crippen molar-refractivity contribution in [1.82, 2.24) is 10.3 Å². The van der Waals surface area contributed by atoms with Crippen LogP contribution in [0.15, 0.2) is 0 Å². The van der Waals surface area contributed by atoms with Crippen LogP contribution in [0.1, 0.15) is 23.4 Å². The average Bonchev–Trinajstić information content (AvgIpc) is 3.18. The SMILES string of the molecule is COCCNCc1sc(N(C)C2CC2)nc1COC. The smallest absolute Gasteiger partial charge is 0.185 e. The molecule has 0 radical (unpaired) electrons. The van der Waals surface area contributed by atoms with Crippen molar-refractivity contribution in [3.8, 4) is 0 Å². The monoisotopic (exact) mass is 285 g/mol. The molecule has 0 saturated heterocycles. The molecular weight excluding hydrogens is 262 g/mol. The Morgan fingerprint density at radius 2 is 2.16 bits per heavy atom. The number of nitrogens with zero attached hydrogens (tertiary/aromatic N) is 2. The molecule has 1 heterocycles. The van der Waals surface area contributed by atoms with Crippen LogP contribution in [0.2, 0.25) is 0 Å². The van der Waals surface area contributed by atoms with Crippen molar-refractivity contribution >= 4 is 16.5 Å². The summed E-state index contributed by atoms with van der Waals surface area (Å²) in [5.41, 5.74) is 1.06. The maximum Gasteiger partial charge on any atom is 0.185 e. The van der Waals surface area contributed by atoms with Crippen LogP contribution >= 0.6 is 11.3 Å². The van der Waals surface area contributed by atoms with Gasteiger partial charge in [-0.25, -0.2) is 4.98 Å². The molecule has 0 unspecified atom stereocenters. The highest BCUT2D eigenvalue weighted by Gasteiger charge is 2.28. The minimum atomic E-state index is 0.580. The molecule has 0 aromatic carbocycles. The van der Waals surface area contributed by atoms with E-state index in [-0.39, 0.29) is 0 Å². The van der Waals surface area contributed by atoms with Gasteiger partial charge >= 0.3 is 0 Å². The third kappa shape index (κ3) is 4.14. The Hall–Kier alpha value is -0.690. The Kier molecular flexibility index (Phi) is 5.57. The number of nitrogens with one attached hydrogen (secondary N) is 1. The van der Waals surface area contributed by atoms with Gasteiger partial charge in [-0.1, -0.05) is 0 Å². The Morgan fingerprint density at radius 1 is 1.37 bits per heavy atom. The van der Waals surface area contributed by atoms with Crippen LogP contribution in [0.5, 0.6) is 0 Å². The quantitative estimate of drug-likeness (QED) is 0.699. The normalized spacial score (nSPS) is 14.9. The van der Waals surface area contributed by atoms with E-state index in [1.54, 1.807) is 25.6 Å². The van der Waals surface area contributed by atoms with E-state index in [0.717, 1.165) is 30.5 Å². The molecule has 0 atom stereocenters. The molecule has 5 nitrogen and oxygen atoms in total. The fraction of sp³-hybridized carbons (Fsp3) is 0.769. The van der Waals surface area contributed by atoms with Gasteiger partial charge in [0.05, 0.1) is 18.9 Å². The molecule has 1 aromatic heterocycles. The fourth-order valence-corrected chi connectivity index (χ4v) is 2.97. The number of anilines is 1. The third-order valence-corrected chi connectivity index (χ3v) is 4.40. The molecule has 108 valence electrons. The molecule has 1 fully saturated rings. The molecule has 0 aliphatic heterocycles. The van der Waals surface area contributed by atoms with Gasteiger partial charge in [0.15, 0.2) is 5.13 Å². The summed E-state index contributed by atoms with van der Waals surface area (Å²) < 4.78 is 10.3. The molecule has 1 aliphatic carbocycles. The van der Waals surface area contributed by atoms with E-state index in [4.69, 9.17) is 14.5 Å². The lowest BCUT2D eigenvalue weighted by Gasteiger charge is -2.13. The van der Waals surface area contributed by atoms with E-state index >= 15 is 0 Å². The summed E-state index contributed by atoms with van der Waals surface area (Å²) >= 11 is 1.77. The lowest BCUT2D eigenvalue weighted by molar-refractivity contribution is 0.181. The zero-order valence-corrected chi connectivity index (χ0v) is 12.8. The van der Waals surface area contributed by atoms with Gasteiger partial charge in [-0.3, -0.25) is 0 Å². The van der Waals surface area contributed by atoms with Crippen LogP contribution in [0.3, 0.4) is 0 Å². The first kappa shape index (κ1) is 14.7. The molecule has 1 aliphatic rings. The summed E-state index contributed by atoms with van der Waals surface area (Å²) in [4.78, 5) is 8.27. The minimum Gasteiger partial charge on any atom is -0.383 e. The Labute approximate surface area is 118 Å². The van der Waals surface area contributed by atoms with Crippen LogP contribution in [-0.4, -0.2) is 45.4 Å². The number of thiazole rings is 1. The van der Waals surface area contributed by atoms with E-state index in [0.29, 0.717) is 12.6 Å². The van der Waals surface area contributed by atoms with E-state index in [1.165, 1.54) is 17.7 Å². The van der Waals surface area contributed by atoms with Crippen LogP contribution in [0.4, 0.5) is 5.13 Å². The number of hydrogen-bond acceptors (Lipinski definition) is 6. The predicted octanol–water partition coefficient (Wildman–Crippen LogP) is 1.62. The lowest BCUT2D eigenvalue weighted by atomic mass is 10.3. The molecular formula is C13H23N3O2S. The number of ether oxygens (including phenoxy) is 2. The summed E-state index contributed by atoms with van der Waals surface area (Å²) in [5, 5.41) is 4.48. The first-order valence-electron chi connectivity index (χ1n) is 6.66. The Morgan fingerprint density at radius 3 is 2.79 bits per heavy atom. The van der Waals surface area contributed by atoms with Gasteiger partial charge in [-0.2, -0.15) is 0 Å². The summed E-state index contributed by atoms with van der Waals surface area (Å²) in [7, 11) is 5.56. The van der Waals surface area contributed by atoms with E-state index < -0.39 is 0 Å². The van der Waals surface area contributed by atoms with Crippen LogP contribution < -0.4 is 10.2 Å². The first-order chi connectivity index (χ1) is 9.26. The molecule has 2 rings (SSSR count). The summed E-state index contributed by atoms with van der Waals surface area (Å²) in [6.07, 6.45) is 2.58. The van der Waals surface area contributed by atoms with Crippen molar-refractivity contribution in [1.29, 1.82) is 0 Å². The highest BCUT2D eigenvalue weighted by Crippen LogP contribution is 2.34. The van der Waals surface area contributed by atoms with Gasteiger partial charge in [0.25, 0.3) is 0 Å². The third-order valence-electron chi connectivity index (χ3n) is 3.21. The largest absolute Gasteiger partial charge is 0.383 e. The van der Waals surface area contributed by atoms with Crippen molar-refractivity contribution < 1.29 is 9.47 Å². The second-order valence-electron chi connectivity index (χ2n) is 4.81. The summed E-state index contributed by atoms with van der Waals surface area (Å²) in [6, 6.07) is 0.691. The summed E-state index contributed by atoms with van der Waals surface area (Å²) in [5.74, 6) is 0. The topological polar surface area (TPSA) is 46.6 Å². The molecule has 0 spiro atoms. The lowest BCUT2D eigenvalue weighted by Crippen LogP contribution is -2.19. The number of aromatic nitrogens is 1. The van der Waals surface area contributed by atoms with Crippen molar-refractivity contribution in [3.05, 3.63) is 10.6 Å². The van der Waals surface area contributed by atoms with E-state index in [2.05, 4.69) is 17.3 Å². The van der Waals surface area contributed by atoms with Crippen molar-refractivity contribution in [2.75, 3.05) is 39.3 Å². The highest BCUT2D eigenvalue weighted by atomic mass is 32.1. The Bertz CT molecular complexity index is 393. The zero-order chi connectivity index (χ0) is 13.7. The van der Waals surface area contributed by atoms with Gasteiger partial charge in [-0.15, -0.1) is 11.3 Å². The van der Waals surface area contributed by atoms with E-state index in [1.807, 2.05) is 0 Å². The average molecular weight is 285 g/mol. The molecule has 0 amide bonds. The number of methoxy groups -OCH3 is 2. The van der Waals surface area contributed by atoms with E-state index in [9.17, 15) is 0 Å². The summed E-state index contributed by atoms with van der Waals surface area (Å²) in [6.45, 7) is 3.00. The molecule has 1 N–H and O–H groups in total. The van der Waals surface area contributed by atoms with Gasteiger partial charge in [0, 0.05) is 45.3 Å². The number of rotatable bonds is 9. The van der Waals surface area contributed by atoms with Gasteiger partial charge in [-0.05, 0) is 12.8 Å². The number of hydrogen-bond donors (Lipinski definition) is 1. The molecule has 1 aromatic rings. The van der Waals surface area contributed by atoms with Gasteiger partial charge in [0.1, 0.15) is 0 Å². The Balaban J connectivity index is 1.97. The minimum absolute atomic E-state index is 0.580. The van der Waals surface area contributed by atoms with Crippen molar-refractivity contribution in [2.45, 2.75) is 32.0 Å². The molecule has 1 saturated carbocycles. The van der Waals surface area contributed by atoms with Crippen molar-refractivity contribution in [2.24, 2.45) is 0 Å². The molecule has 19 heavy (non-hydrogen) atoms. The van der Waals surface area contributed by atoms with Crippen LogP contribution in [-0.2, 0) is 22.6 Å².